The summed E-state index contributed by atoms with van der Waals surface area (Å²) in [6.07, 6.45) is 6.95. The Morgan fingerprint density at radius 2 is 2.41 bits per heavy atom. The first kappa shape index (κ1) is 12.5. The van der Waals surface area contributed by atoms with Crippen LogP contribution >= 0.6 is 0 Å². The number of nitrogens with one attached hydrogen (secondary N) is 1. The van der Waals surface area contributed by atoms with Gasteiger partial charge >= 0.3 is 0 Å². The van der Waals surface area contributed by atoms with E-state index in [-0.39, 0.29) is 0 Å². The van der Waals surface area contributed by atoms with E-state index < -0.39 is 0 Å². The molecule has 2 rings (SSSR count). The Morgan fingerprint density at radius 3 is 3.18 bits per heavy atom. The molecule has 0 radical (unpaired) electrons. The number of hydrogen-bond acceptors (Lipinski definition) is 3. The second kappa shape index (κ2) is 6.72. The minimum atomic E-state index is 0.454. The zero-order valence-corrected chi connectivity index (χ0v) is 10.6. The molecule has 1 aliphatic heterocycles. The smallest absolute Gasteiger partial charge is 0.0589 e. The fourth-order valence-corrected chi connectivity index (χ4v) is 2.34. The zero-order valence-electron chi connectivity index (χ0n) is 10.6. The molecule has 1 aromatic rings. The predicted molar refractivity (Wildman–Crippen MR) is 68.7 cm³/mol. The zero-order chi connectivity index (χ0) is 11.9. The molecule has 1 aromatic heterocycles. The monoisotopic (exact) mass is 234 g/mol. The van der Waals surface area contributed by atoms with Crippen LogP contribution in [0, 0.1) is 0 Å². The van der Waals surface area contributed by atoms with Gasteiger partial charge in [-0.2, -0.15) is 0 Å². The van der Waals surface area contributed by atoms with Crippen molar-refractivity contribution in [3.63, 3.8) is 0 Å². The lowest BCUT2D eigenvalue weighted by Crippen LogP contribution is -2.38. The van der Waals surface area contributed by atoms with Crippen molar-refractivity contribution in [2.24, 2.45) is 0 Å². The van der Waals surface area contributed by atoms with Crippen molar-refractivity contribution in [3.8, 4) is 0 Å². The van der Waals surface area contributed by atoms with Crippen molar-refractivity contribution in [1.29, 1.82) is 0 Å². The van der Waals surface area contributed by atoms with Gasteiger partial charge in [0.05, 0.1) is 11.8 Å². The average Bonchev–Trinajstić information content (AvgIpc) is 2.39. The van der Waals surface area contributed by atoms with E-state index in [1.807, 2.05) is 18.3 Å². The molecule has 0 spiro atoms. The van der Waals surface area contributed by atoms with Gasteiger partial charge in [0, 0.05) is 25.4 Å². The molecule has 1 fully saturated rings. The van der Waals surface area contributed by atoms with Crippen molar-refractivity contribution < 1.29 is 4.74 Å². The summed E-state index contributed by atoms with van der Waals surface area (Å²) in [6, 6.07) is 6.64. The molecule has 2 unspecified atom stereocenters. The molecule has 1 saturated heterocycles. The fraction of sp³-hybridized carbons (Fsp3) is 0.643. The van der Waals surface area contributed by atoms with Gasteiger partial charge < -0.3 is 10.1 Å². The van der Waals surface area contributed by atoms with Crippen molar-refractivity contribution in [1.82, 2.24) is 10.3 Å². The van der Waals surface area contributed by atoms with E-state index >= 15 is 0 Å². The van der Waals surface area contributed by atoms with E-state index in [4.69, 9.17) is 4.74 Å². The Labute approximate surface area is 104 Å². The first-order chi connectivity index (χ1) is 8.38. The van der Waals surface area contributed by atoms with Gasteiger partial charge in [-0.1, -0.05) is 19.4 Å². The second-order valence-corrected chi connectivity index (χ2v) is 4.70. The van der Waals surface area contributed by atoms with E-state index in [0.29, 0.717) is 12.1 Å². The van der Waals surface area contributed by atoms with E-state index in [1.165, 1.54) is 12.8 Å². The van der Waals surface area contributed by atoms with Crippen LogP contribution in [0.3, 0.4) is 0 Å². The lowest BCUT2D eigenvalue weighted by Gasteiger charge is -2.30. The number of rotatable bonds is 5. The molecule has 0 aromatic carbocycles. The second-order valence-electron chi connectivity index (χ2n) is 4.70. The summed E-state index contributed by atoms with van der Waals surface area (Å²) in [4.78, 5) is 4.32. The number of hydrogen-bond donors (Lipinski definition) is 1. The van der Waals surface area contributed by atoms with Gasteiger partial charge in [-0.15, -0.1) is 0 Å². The lowest BCUT2D eigenvalue weighted by molar-refractivity contribution is -0.00347. The largest absolute Gasteiger partial charge is 0.378 e. The number of pyridine rings is 1. The third kappa shape index (κ3) is 4.10. The molecule has 2 atom stereocenters. The highest BCUT2D eigenvalue weighted by Gasteiger charge is 2.21. The molecule has 0 bridgehead atoms. The van der Waals surface area contributed by atoms with Crippen LogP contribution in [0.25, 0.3) is 0 Å². The molecule has 1 N–H and O–H groups in total. The molecule has 0 amide bonds. The maximum Gasteiger partial charge on any atom is 0.0589 e. The third-order valence-corrected chi connectivity index (χ3v) is 3.28. The van der Waals surface area contributed by atoms with Crippen molar-refractivity contribution in [2.45, 2.75) is 51.3 Å². The van der Waals surface area contributed by atoms with Gasteiger partial charge in [0.15, 0.2) is 0 Å². The molecule has 17 heavy (non-hydrogen) atoms. The summed E-state index contributed by atoms with van der Waals surface area (Å²) < 4.78 is 5.75. The van der Waals surface area contributed by atoms with Crippen LogP contribution in [0.5, 0.6) is 0 Å². The Bertz CT molecular complexity index is 313. The van der Waals surface area contributed by atoms with E-state index in [9.17, 15) is 0 Å². The molecular formula is C14H22N2O. The summed E-state index contributed by atoms with van der Waals surface area (Å²) in [7, 11) is 0. The summed E-state index contributed by atoms with van der Waals surface area (Å²) in [5.74, 6) is 0. The quantitative estimate of drug-likeness (QED) is 0.850. The first-order valence-corrected chi connectivity index (χ1v) is 6.63. The maximum absolute atomic E-state index is 5.75. The normalized spacial score (nSPS) is 24.8. The number of nitrogens with zero attached hydrogens (tertiary/aromatic N) is 1. The predicted octanol–water partition coefficient (Wildman–Crippen LogP) is 2.52. The average molecular weight is 234 g/mol. The first-order valence-electron chi connectivity index (χ1n) is 6.63. The molecule has 0 saturated carbocycles. The van der Waals surface area contributed by atoms with Crippen LogP contribution in [0.15, 0.2) is 24.4 Å². The summed E-state index contributed by atoms with van der Waals surface area (Å²) in [6.45, 7) is 3.98. The SMILES string of the molecule is CCCC1CC(NCc2ccccn2)CCO1. The van der Waals surface area contributed by atoms with Crippen LogP contribution in [-0.4, -0.2) is 23.7 Å². The van der Waals surface area contributed by atoms with Crippen LogP contribution < -0.4 is 5.32 Å². The van der Waals surface area contributed by atoms with E-state index in [1.54, 1.807) is 0 Å². The van der Waals surface area contributed by atoms with Gasteiger partial charge in [0.2, 0.25) is 0 Å². The van der Waals surface area contributed by atoms with Crippen molar-refractivity contribution in [2.75, 3.05) is 6.61 Å². The number of ether oxygens (including phenoxy) is 1. The number of aromatic nitrogens is 1. The Morgan fingerprint density at radius 1 is 1.47 bits per heavy atom. The van der Waals surface area contributed by atoms with Gasteiger partial charge in [-0.25, -0.2) is 0 Å². The van der Waals surface area contributed by atoms with Gasteiger partial charge in [0.1, 0.15) is 0 Å². The Hall–Kier alpha value is -0.930. The van der Waals surface area contributed by atoms with E-state index in [0.717, 1.165) is 31.7 Å². The Balaban J connectivity index is 1.75. The highest BCUT2D eigenvalue weighted by Crippen LogP contribution is 2.18. The molecule has 94 valence electrons. The van der Waals surface area contributed by atoms with Crippen LogP contribution in [0.2, 0.25) is 0 Å². The summed E-state index contributed by atoms with van der Waals surface area (Å²) >= 11 is 0. The highest BCUT2D eigenvalue weighted by molar-refractivity contribution is 5.03. The molecule has 2 heterocycles. The molecule has 3 heteroatoms. The standard InChI is InChI=1S/C14H22N2O/c1-2-5-14-10-12(7-9-17-14)16-11-13-6-3-4-8-15-13/h3-4,6,8,12,14,16H,2,5,7,9-11H2,1H3. The molecule has 0 aliphatic carbocycles. The Kier molecular flexibility index (Phi) is 4.95. The molecule has 3 nitrogen and oxygen atoms in total. The van der Waals surface area contributed by atoms with Crippen molar-refractivity contribution >= 4 is 0 Å². The summed E-state index contributed by atoms with van der Waals surface area (Å²) in [5, 5.41) is 3.58. The van der Waals surface area contributed by atoms with Crippen LogP contribution in [0.4, 0.5) is 0 Å². The minimum Gasteiger partial charge on any atom is -0.378 e. The van der Waals surface area contributed by atoms with Gasteiger partial charge in [-0.05, 0) is 31.4 Å². The van der Waals surface area contributed by atoms with Crippen LogP contribution in [0.1, 0.15) is 38.3 Å². The van der Waals surface area contributed by atoms with Crippen LogP contribution in [-0.2, 0) is 11.3 Å². The van der Waals surface area contributed by atoms with Crippen molar-refractivity contribution in [3.05, 3.63) is 30.1 Å². The van der Waals surface area contributed by atoms with Gasteiger partial charge in [-0.3, -0.25) is 4.98 Å². The lowest BCUT2D eigenvalue weighted by atomic mass is 10.00. The minimum absolute atomic E-state index is 0.454. The maximum atomic E-state index is 5.75. The molecular weight excluding hydrogens is 212 g/mol. The van der Waals surface area contributed by atoms with E-state index in [2.05, 4.69) is 23.3 Å². The third-order valence-electron chi connectivity index (χ3n) is 3.28. The topological polar surface area (TPSA) is 34.2 Å². The summed E-state index contributed by atoms with van der Waals surface area (Å²) in [5.41, 5.74) is 1.12. The fourth-order valence-electron chi connectivity index (χ4n) is 2.34. The van der Waals surface area contributed by atoms with Gasteiger partial charge in [0.25, 0.3) is 0 Å². The molecule has 1 aliphatic rings. The highest BCUT2D eigenvalue weighted by atomic mass is 16.5.